The summed E-state index contributed by atoms with van der Waals surface area (Å²) in [6.45, 7) is -0.463. The SMILES string of the molecule is COc1ncc(-c2ccc(C(F)(F)C(O)Cn3cnnn3)nc2)cn1. The standard InChI is InChI=1S/C14H13F2N7O2/c1-25-13-18-5-10(6-19-13)9-2-3-11(17-4-9)14(15,16)12(24)7-23-8-20-21-22-23/h2-6,8,12,24H,7H2,1H3. The summed E-state index contributed by atoms with van der Waals surface area (Å²) in [5, 5.41) is 19.9. The molecule has 3 rings (SSSR count). The van der Waals surface area contributed by atoms with Crippen LogP contribution in [0.2, 0.25) is 0 Å². The highest BCUT2D eigenvalue weighted by atomic mass is 19.3. The number of rotatable bonds is 6. The van der Waals surface area contributed by atoms with E-state index in [1.807, 2.05) is 0 Å². The summed E-state index contributed by atoms with van der Waals surface area (Å²) in [5.41, 5.74) is 0.584. The second-order valence-electron chi connectivity index (χ2n) is 5.06. The van der Waals surface area contributed by atoms with Crippen LogP contribution in [-0.4, -0.2) is 53.5 Å². The minimum absolute atomic E-state index is 0.200. The number of nitrogens with zero attached hydrogens (tertiary/aromatic N) is 7. The van der Waals surface area contributed by atoms with Crippen LogP contribution in [-0.2, 0) is 12.5 Å². The smallest absolute Gasteiger partial charge is 0.316 e. The fourth-order valence-corrected chi connectivity index (χ4v) is 2.06. The molecule has 1 unspecified atom stereocenters. The second-order valence-corrected chi connectivity index (χ2v) is 5.06. The van der Waals surface area contributed by atoms with Crippen LogP contribution in [0.25, 0.3) is 11.1 Å². The number of aromatic nitrogens is 7. The number of hydrogen-bond acceptors (Lipinski definition) is 8. The van der Waals surface area contributed by atoms with E-state index >= 15 is 0 Å². The molecule has 1 N–H and O–H groups in total. The minimum atomic E-state index is -3.57. The van der Waals surface area contributed by atoms with Gasteiger partial charge in [0.1, 0.15) is 18.1 Å². The van der Waals surface area contributed by atoms with Gasteiger partial charge in [-0.15, -0.1) is 5.10 Å². The Morgan fingerprint density at radius 3 is 2.44 bits per heavy atom. The van der Waals surface area contributed by atoms with Gasteiger partial charge in [-0.3, -0.25) is 4.98 Å². The van der Waals surface area contributed by atoms with Gasteiger partial charge >= 0.3 is 11.9 Å². The predicted molar refractivity (Wildman–Crippen MR) is 79.5 cm³/mol. The minimum Gasteiger partial charge on any atom is -0.467 e. The molecule has 0 aliphatic rings. The van der Waals surface area contributed by atoms with Crippen molar-refractivity contribution in [2.24, 2.45) is 0 Å². The average molecular weight is 349 g/mol. The van der Waals surface area contributed by atoms with E-state index in [-0.39, 0.29) is 6.01 Å². The molecule has 0 aliphatic heterocycles. The first-order valence-corrected chi connectivity index (χ1v) is 7.10. The Morgan fingerprint density at radius 1 is 1.16 bits per heavy atom. The molecule has 0 radical (unpaired) electrons. The zero-order valence-electron chi connectivity index (χ0n) is 13.0. The molecule has 9 nitrogen and oxygen atoms in total. The molecule has 0 amide bonds. The molecule has 1 atom stereocenters. The van der Waals surface area contributed by atoms with Crippen LogP contribution in [0.5, 0.6) is 6.01 Å². The molecule has 0 saturated heterocycles. The molecule has 0 aliphatic carbocycles. The lowest BCUT2D eigenvalue weighted by Gasteiger charge is -2.21. The van der Waals surface area contributed by atoms with Crippen LogP contribution in [0.4, 0.5) is 8.78 Å². The second kappa shape index (κ2) is 6.81. The number of hydrogen-bond donors (Lipinski definition) is 1. The maximum Gasteiger partial charge on any atom is 0.316 e. The largest absolute Gasteiger partial charge is 0.467 e. The molecule has 0 aromatic carbocycles. The van der Waals surface area contributed by atoms with Crippen LogP contribution in [0.3, 0.4) is 0 Å². The third-order valence-electron chi connectivity index (χ3n) is 3.42. The zero-order chi connectivity index (χ0) is 17.9. The molecule has 3 aromatic rings. The third kappa shape index (κ3) is 3.55. The molecule has 0 saturated carbocycles. The summed E-state index contributed by atoms with van der Waals surface area (Å²) in [6, 6.07) is 2.79. The van der Waals surface area contributed by atoms with E-state index in [1.54, 1.807) is 0 Å². The van der Waals surface area contributed by atoms with E-state index in [0.29, 0.717) is 11.1 Å². The number of ether oxygens (including phenoxy) is 1. The van der Waals surface area contributed by atoms with E-state index < -0.39 is 24.3 Å². The maximum atomic E-state index is 14.3. The molecule has 3 heterocycles. The summed E-state index contributed by atoms with van der Waals surface area (Å²) in [6.07, 6.45) is 3.36. The predicted octanol–water partition coefficient (Wildman–Crippen LogP) is 0.687. The normalized spacial score (nSPS) is 12.8. The lowest BCUT2D eigenvalue weighted by atomic mass is 10.1. The molecule has 0 bridgehead atoms. The Bertz CT molecular complexity index is 810. The van der Waals surface area contributed by atoms with Crippen LogP contribution in [0, 0.1) is 0 Å². The highest BCUT2D eigenvalue weighted by Gasteiger charge is 2.42. The fraction of sp³-hybridized carbons (Fsp3) is 0.286. The van der Waals surface area contributed by atoms with Crippen LogP contribution < -0.4 is 4.74 Å². The summed E-state index contributed by atoms with van der Waals surface area (Å²) >= 11 is 0. The van der Waals surface area contributed by atoms with Gasteiger partial charge in [-0.1, -0.05) is 6.07 Å². The lowest BCUT2D eigenvalue weighted by molar-refractivity contribution is -0.124. The zero-order valence-corrected chi connectivity index (χ0v) is 13.0. The van der Waals surface area contributed by atoms with Crippen LogP contribution in [0.1, 0.15) is 5.69 Å². The van der Waals surface area contributed by atoms with Crippen molar-refractivity contribution in [1.82, 2.24) is 35.2 Å². The number of pyridine rings is 1. The average Bonchev–Trinajstić information content (AvgIpc) is 3.15. The molecule has 3 aromatic heterocycles. The summed E-state index contributed by atoms with van der Waals surface area (Å²) in [4.78, 5) is 11.6. The van der Waals surface area contributed by atoms with Gasteiger partial charge in [0, 0.05) is 29.7 Å². The van der Waals surface area contributed by atoms with Crippen LogP contribution in [0.15, 0.2) is 37.1 Å². The maximum absolute atomic E-state index is 14.3. The van der Waals surface area contributed by atoms with Crippen LogP contribution >= 0.6 is 0 Å². The molecular weight excluding hydrogens is 336 g/mol. The van der Waals surface area contributed by atoms with Gasteiger partial charge in [-0.25, -0.2) is 14.6 Å². The number of aliphatic hydroxyl groups excluding tert-OH is 1. The first-order valence-electron chi connectivity index (χ1n) is 7.10. The molecule has 0 spiro atoms. The van der Waals surface area contributed by atoms with E-state index in [9.17, 15) is 13.9 Å². The van der Waals surface area contributed by atoms with Crippen molar-refractivity contribution in [2.75, 3.05) is 7.11 Å². The van der Waals surface area contributed by atoms with Crippen molar-refractivity contribution < 1.29 is 18.6 Å². The number of aliphatic hydroxyl groups is 1. The van der Waals surface area contributed by atoms with Crippen molar-refractivity contribution >= 4 is 0 Å². The van der Waals surface area contributed by atoms with Crippen molar-refractivity contribution in [3.63, 3.8) is 0 Å². The number of halogens is 2. The highest BCUT2D eigenvalue weighted by molar-refractivity contribution is 5.60. The Balaban J connectivity index is 1.77. The third-order valence-corrected chi connectivity index (χ3v) is 3.42. The summed E-state index contributed by atoms with van der Waals surface area (Å²) in [5.74, 6) is -3.57. The Hall–Kier alpha value is -3.08. The molecule has 0 fully saturated rings. The van der Waals surface area contributed by atoms with Gasteiger partial charge in [0.05, 0.1) is 13.7 Å². The molecular formula is C14H13F2N7O2. The molecule has 11 heteroatoms. The topological polar surface area (TPSA) is 112 Å². The van der Waals surface area contributed by atoms with Crippen molar-refractivity contribution in [3.05, 3.63) is 42.7 Å². The number of tetrazole rings is 1. The van der Waals surface area contributed by atoms with Crippen molar-refractivity contribution in [2.45, 2.75) is 18.6 Å². The Morgan fingerprint density at radius 2 is 1.88 bits per heavy atom. The highest BCUT2D eigenvalue weighted by Crippen LogP contribution is 2.32. The first-order chi connectivity index (χ1) is 12.0. The van der Waals surface area contributed by atoms with Gasteiger partial charge < -0.3 is 9.84 Å². The first kappa shape index (κ1) is 16.8. The summed E-state index contributed by atoms with van der Waals surface area (Å²) in [7, 11) is 1.44. The Kier molecular flexibility index (Phi) is 4.57. The van der Waals surface area contributed by atoms with Gasteiger partial charge in [0.25, 0.3) is 0 Å². The van der Waals surface area contributed by atoms with E-state index in [1.165, 1.54) is 31.8 Å². The van der Waals surface area contributed by atoms with Gasteiger partial charge in [-0.05, 0) is 16.5 Å². The van der Waals surface area contributed by atoms with Crippen molar-refractivity contribution in [3.8, 4) is 17.1 Å². The molecule has 130 valence electrons. The van der Waals surface area contributed by atoms with Crippen molar-refractivity contribution in [1.29, 1.82) is 0 Å². The van der Waals surface area contributed by atoms with E-state index in [2.05, 4.69) is 30.5 Å². The quantitative estimate of drug-likeness (QED) is 0.692. The Labute approximate surface area is 140 Å². The monoisotopic (exact) mass is 349 g/mol. The van der Waals surface area contributed by atoms with E-state index in [0.717, 1.165) is 17.1 Å². The lowest BCUT2D eigenvalue weighted by Crippen LogP contribution is -2.35. The van der Waals surface area contributed by atoms with Gasteiger partial charge in [0.2, 0.25) is 0 Å². The van der Waals surface area contributed by atoms with E-state index in [4.69, 9.17) is 4.74 Å². The number of methoxy groups -OCH3 is 1. The van der Waals surface area contributed by atoms with Gasteiger partial charge in [-0.2, -0.15) is 8.78 Å². The van der Waals surface area contributed by atoms with Gasteiger partial charge in [0.15, 0.2) is 0 Å². The fourth-order valence-electron chi connectivity index (χ4n) is 2.06. The number of alkyl halides is 2. The summed E-state index contributed by atoms with van der Waals surface area (Å²) < 4.78 is 34.6. The molecule has 25 heavy (non-hydrogen) atoms.